The zero-order valence-corrected chi connectivity index (χ0v) is 15.6. The number of imidazole rings is 1. The minimum absolute atomic E-state index is 0.371. The standard InChI is InChI=1S/C19H22N6O3/c1-27-19-23-17-18(24-19)22-15(12-2-4-13(5-3-12)16(20)26)14(21-17)6-7-25-8-10-28-11-9-25/h2-5H,6-11H2,1H3,(H2,20,26)(H,21,22,23,24). The van der Waals surface area contributed by atoms with Crippen LogP contribution in [0, 0.1) is 0 Å². The minimum atomic E-state index is -0.460. The number of methoxy groups -OCH3 is 1. The second-order valence-electron chi connectivity index (χ2n) is 6.58. The Morgan fingerprint density at radius 2 is 1.96 bits per heavy atom. The summed E-state index contributed by atoms with van der Waals surface area (Å²) in [4.78, 5) is 30.5. The van der Waals surface area contributed by atoms with Crippen LogP contribution in [0.1, 0.15) is 16.1 Å². The number of carbonyl (C=O) groups excluding carboxylic acids is 1. The lowest BCUT2D eigenvalue weighted by Crippen LogP contribution is -2.37. The van der Waals surface area contributed by atoms with Crippen molar-refractivity contribution in [3.63, 3.8) is 0 Å². The molecule has 0 atom stereocenters. The van der Waals surface area contributed by atoms with Crippen LogP contribution >= 0.6 is 0 Å². The number of primary amides is 1. The molecule has 1 aliphatic rings. The van der Waals surface area contributed by atoms with Crippen molar-refractivity contribution in [2.24, 2.45) is 5.73 Å². The number of aromatic nitrogens is 4. The zero-order valence-electron chi connectivity index (χ0n) is 15.6. The maximum absolute atomic E-state index is 11.4. The summed E-state index contributed by atoms with van der Waals surface area (Å²) >= 11 is 0. The molecule has 3 aromatic rings. The van der Waals surface area contributed by atoms with Crippen LogP contribution in [-0.2, 0) is 11.2 Å². The highest BCUT2D eigenvalue weighted by Gasteiger charge is 2.17. The lowest BCUT2D eigenvalue weighted by Gasteiger charge is -2.26. The summed E-state index contributed by atoms with van der Waals surface area (Å²) in [5.41, 5.74) is 9.33. The minimum Gasteiger partial charge on any atom is -0.468 e. The lowest BCUT2D eigenvalue weighted by molar-refractivity contribution is 0.0383. The van der Waals surface area contributed by atoms with Crippen molar-refractivity contribution in [2.45, 2.75) is 6.42 Å². The van der Waals surface area contributed by atoms with Crippen LogP contribution in [-0.4, -0.2) is 70.7 Å². The second-order valence-corrected chi connectivity index (χ2v) is 6.58. The third-order valence-corrected chi connectivity index (χ3v) is 4.79. The third kappa shape index (κ3) is 3.80. The van der Waals surface area contributed by atoms with E-state index in [-0.39, 0.29) is 0 Å². The van der Waals surface area contributed by atoms with Gasteiger partial charge in [-0.05, 0) is 12.1 Å². The number of hydrogen-bond donors (Lipinski definition) is 2. The van der Waals surface area contributed by atoms with E-state index in [1.807, 2.05) is 12.1 Å². The molecule has 2 aromatic heterocycles. The summed E-state index contributed by atoms with van der Waals surface area (Å²) in [6, 6.07) is 7.42. The SMILES string of the molecule is COc1nc2nc(-c3ccc(C(N)=O)cc3)c(CCN3CCOCC3)nc2[nH]1. The van der Waals surface area contributed by atoms with Crippen LogP contribution in [0.3, 0.4) is 0 Å². The van der Waals surface area contributed by atoms with Gasteiger partial charge in [0.25, 0.3) is 6.01 Å². The number of amides is 1. The topological polar surface area (TPSA) is 119 Å². The van der Waals surface area contributed by atoms with Gasteiger partial charge in [-0.25, -0.2) is 9.97 Å². The molecule has 0 aliphatic carbocycles. The van der Waals surface area contributed by atoms with Crippen molar-refractivity contribution in [3.8, 4) is 17.3 Å². The number of carbonyl (C=O) groups is 1. The van der Waals surface area contributed by atoms with E-state index in [1.54, 1.807) is 19.2 Å². The first-order valence-corrected chi connectivity index (χ1v) is 9.15. The number of fused-ring (bicyclic) bond motifs is 1. The van der Waals surface area contributed by atoms with Gasteiger partial charge in [0.05, 0.1) is 31.7 Å². The molecule has 146 valence electrons. The number of nitrogens with one attached hydrogen (secondary N) is 1. The van der Waals surface area contributed by atoms with E-state index in [4.69, 9.17) is 25.2 Å². The van der Waals surface area contributed by atoms with E-state index in [0.717, 1.165) is 56.2 Å². The monoisotopic (exact) mass is 382 g/mol. The Hall–Kier alpha value is -3.04. The predicted molar refractivity (Wildman–Crippen MR) is 103 cm³/mol. The number of nitrogens with two attached hydrogens (primary N) is 1. The summed E-state index contributed by atoms with van der Waals surface area (Å²) in [5, 5.41) is 0. The molecule has 4 rings (SSSR count). The van der Waals surface area contributed by atoms with Gasteiger partial charge in [-0.3, -0.25) is 14.7 Å². The maximum atomic E-state index is 11.4. The van der Waals surface area contributed by atoms with Crippen LogP contribution in [0.15, 0.2) is 24.3 Å². The Balaban J connectivity index is 1.69. The molecular formula is C19H22N6O3. The summed E-state index contributed by atoms with van der Waals surface area (Å²) in [6.45, 7) is 4.20. The molecule has 0 unspecified atom stereocenters. The molecule has 0 bridgehead atoms. The first-order valence-electron chi connectivity index (χ1n) is 9.15. The van der Waals surface area contributed by atoms with Gasteiger partial charge in [0.15, 0.2) is 5.65 Å². The second kappa shape index (κ2) is 7.91. The van der Waals surface area contributed by atoms with E-state index in [1.165, 1.54) is 0 Å². The molecule has 1 fully saturated rings. The Labute approximate surface area is 161 Å². The average Bonchev–Trinajstić information content (AvgIpc) is 3.14. The molecule has 9 heteroatoms. The van der Waals surface area contributed by atoms with E-state index in [0.29, 0.717) is 22.9 Å². The Kier molecular flexibility index (Phi) is 5.18. The first-order chi connectivity index (χ1) is 13.6. The number of aromatic amines is 1. The van der Waals surface area contributed by atoms with Crippen LogP contribution in [0.4, 0.5) is 0 Å². The number of H-pyrrole nitrogens is 1. The number of rotatable bonds is 6. The summed E-state index contributed by atoms with van der Waals surface area (Å²) < 4.78 is 10.6. The fraction of sp³-hybridized carbons (Fsp3) is 0.368. The molecule has 9 nitrogen and oxygen atoms in total. The molecule has 3 heterocycles. The fourth-order valence-corrected chi connectivity index (χ4v) is 3.23. The predicted octanol–water partition coefficient (Wildman–Crippen LogP) is 1.00. The third-order valence-electron chi connectivity index (χ3n) is 4.79. The number of hydrogen-bond acceptors (Lipinski definition) is 7. The highest BCUT2D eigenvalue weighted by atomic mass is 16.5. The van der Waals surface area contributed by atoms with Gasteiger partial charge < -0.3 is 15.2 Å². The van der Waals surface area contributed by atoms with Crippen LogP contribution < -0.4 is 10.5 Å². The van der Waals surface area contributed by atoms with Crippen molar-refractivity contribution in [2.75, 3.05) is 40.0 Å². The van der Waals surface area contributed by atoms with E-state index in [9.17, 15) is 4.79 Å². The highest BCUT2D eigenvalue weighted by Crippen LogP contribution is 2.25. The Morgan fingerprint density at radius 1 is 1.21 bits per heavy atom. The molecular weight excluding hydrogens is 360 g/mol. The zero-order chi connectivity index (χ0) is 19.5. The van der Waals surface area contributed by atoms with Crippen molar-refractivity contribution < 1.29 is 14.3 Å². The van der Waals surface area contributed by atoms with Crippen molar-refractivity contribution in [1.29, 1.82) is 0 Å². The summed E-state index contributed by atoms with van der Waals surface area (Å²) in [6.07, 6.45) is 0.733. The number of nitrogens with zero attached hydrogens (tertiary/aromatic N) is 4. The molecule has 1 aliphatic heterocycles. The van der Waals surface area contributed by atoms with E-state index >= 15 is 0 Å². The normalized spacial score (nSPS) is 15.0. The van der Waals surface area contributed by atoms with Crippen molar-refractivity contribution >= 4 is 17.2 Å². The quantitative estimate of drug-likeness (QED) is 0.653. The maximum Gasteiger partial charge on any atom is 0.297 e. The van der Waals surface area contributed by atoms with Gasteiger partial charge in [-0.15, -0.1) is 0 Å². The first kappa shape index (κ1) is 18.3. The molecule has 1 aromatic carbocycles. The van der Waals surface area contributed by atoms with Crippen molar-refractivity contribution in [3.05, 3.63) is 35.5 Å². The average molecular weight is 382 g/mol. The molecule has 0 radical (unpaired) electrons. The van der Waals surface area contributed by atoms with Gasteiger partial charge in [0.1, 0.15) is 0 Å². The molecule has 1 saturated heterocycles. The summed E-state index contributed by atoms with van der Waals surface area (Å²) in [5.74, 6) is -0.460. The lowest BCUT2D eigenvalue weighted by atomic mass is 10.1. The Bertz CT molecular complexity index is 979. The van der Waals surface area contributed by atoms with Crippen LogP contribution in [0.2, 0.25) is 0 Å². The molecule has 28 heavy (non-hydrogen) atoms. The Morgan fingerprint density at radius 3 is 2.64 bits per heavy atom. The van der Waals surface area contributed by atoms with E-state index in [2.05, 4.69) is 14.9 Å². The number of benzene rings is 1. The van der Waals surface area contributed by atoms with Gasteiger partial charge in [0.2, 0.25) is 11.6 Å². The smallest absolute Gasteiger partial charge is 0.297 e. The van der Waals surface area contributed by atoms with Crippen LogP contribution in [0.25, 0.3) is 22.6 Å². The van der Waals surface area contributed by atoms with Crippen molar-refractivity contribution in [1.82, 2.24) is 24.8 Å². The fourth-order valence-electron chi connectivity index (χ4n) is 3.23. The molecule has 0 saturated carbocycles. The van der Waals surface area contributed by atoms with Gasteiger partial charge in [-0.1, -0.05) is 12.1 Å². The van der Waals surface area contributed by atoms with Gasteiger partial charge in [0, 0.05) is 37.2 Å². The molecule has 3 N–H and O–H groups in total. The molecule has 1 amide bonds. The van der Waals surface area contributed by atoms with E-state index < -0.39 is 5.91 Å². The largest absolute Gasteiger partial charge is 0.468 e. The number of morpholine rings is 1. The summed E-state index contributed by atoms with van der Waals surface area (Å²) in [7, 11) is 1.54. The van der Waals surface area contributed by atoms with Gasteiger partial charge in [-0.2, -0.15) is 4.98 Å². The number of ether oxygens (including phenoxy) is 2. The molecule has 0 spiro atoms. The van der Waals surface area contributed by atoms with Gasteiger partial charge >= 0.3 is 0 Å². The van der Waals surface area contributed by atoms with Crippen LogP contribution in [0.5, 0.6) is 6.01 Å². The highest BCUT2D eigenvalue weighted by molar-refractivity contribution is 5.93.